The van der Waals surface area contributed by atoms with Gasteiger partial charge in [-0.2, -0.15) is 0 Å². The topological polar surface area (TPSA) is 39.4 Å². The molecule has 16 heavy (non-hydrogen) atoms. The van der Waals surface area contributed by atoms with E-state index in [1.807, 2.05) is 13.0 Å². The van der Waals surface area contributed by atoms with Gasteiger partial charge < -0.3 is 9.15 Å². The molecule has 0 radical (unpaired) electrons. The van der Waals surface area contributed by atoms with Gasteiger partial charge >= 0.3 is 5.97 Å². The maximum atomic E-state index is 11.8. The molecule has 0 fully saturated rings. The number of furan rings is 1. The predicted molar refractivity (Wildman–Crippen MR) is 60.3 cm³/mol. The lowest BCUT2D eigenvalue weighted by molar-refractivity contribution is -0.145. The molecule has 0 saturated carbocycles. The Kier molecular flexibility index (Phi) is 3.65. The summed E-state index contributed by atoms with van der Waals surface area (Å²) in [4.78, 5) is 11.8. The monoisotopic (exact) mass is 222 g/mol. The van der Waals surface area contributed by atoms with E-state index in [0.717, 1.165) is 25.0 Å². The van der Waals surface area contributed by atoms with Crippen molar-refractivity contribution in [3.8, 4) is 0 Å². The van der Waals surface area contributed by atoms with Crippen molar-refractivity contribution in [3.05, 3.63) is 23.7 Å². The van der Waals surface area contributed by atoms with Gasteiger partial charge in [-0.05, 0) is 37.8 Å². The largest absolute Gasteiger partial charge is 0.468 e. The molecule has 1 aromatic heterocycles. The van der Waals surface area contributed by atoms with Crippen LogP contribution in [0.4, 0.5) is 0 Å². The predicted octanol–water partition coefficient (Wildman–Crippen LogP) is 3.04. The van der Waals surface area contributed by atoms with E-state index in [1.165, 1.54) is 18.4 Å². The van der Waals surface area contributed by atoms with Crippen LogP contribution in [0.1, 0.15) is 49.8 Å². The summed E-state index contributed by atoms with van der Waals surface area (Å²) in [6.45, 7) is 2.27. The molecule has 1 aromatic rings. The second kappa shape index (κ2) is 5.19. The molecule has 0 aromatic carbocycles. The second-order valence-electron chi connectivity index (χ2n) is 4.21. The Labute approximate surface area is 95.8 Å². The van der Waals surface area contributed by atoms with Crippen LogP contribution >= 0.6 is 0 Å². The first kappa shape index (κ1) is 11.2. The molecule has 1 aliphatic rings. The van der Waals surface area contributed by atoms with Gasteiger partial charge in [0.2, 0.25) is 0 Å². The maximum absolute atomic E-state index is 11.8. The number of esters is 1. The van der Waals surface area contributed by atoms with Gasteiger partial charge in [0, 0.05) is 0 Å². The number of rotatable bonds is 2. The van der Waals surface area contributed by atoms with Gasteiger partial charge in [-0.25, -0.2) is 0 Å². The SMILES string of the molecule is CCOC(=O)C1CCCCCc2ccoc21. The van der Waals surface area contributed by atoms with Gasteiger partial charge in [0.1, 0.15) is 11.7 Å². The van der Waals surface area contributed by atoms with E-state index in [-0.39, 0.29) is 11.9 Å². The summed E-state index contributed by atoms with van der Waals surface area (Å²) in [5.74, 6) is 0.504. The number of fused-ring (bicyclic) bond motifs is 1. The van der Waals surface area contributed by atoms with Crippen molar-refractivity contribution in [1.82, 2.24) is 0 Å². The van der Waals surface area contributed by atoms with Crippen LogP contribution in [-0.2, 0) is 16.0 Å². The van der Waals surface area contributed by atoms with Crippen molar-refractivity contribution in [1.29, 1.82) is 0 Å². The third kappa shape index (κ3) is 2.29. The highest BCUT2D eigenvalue weighted by atomic mass is 16.5. The summed E-state index contributed by atoms with van der Waals surface area (Å²) in [6, 6.07) is 1.98. The third-order valence-electron chi connectivity index (χ3n) is 3.11. The van der Waals surface area contributed by atoms with Crippen LogP contribution in [0.5, 0.6) is 0 Å². The van der Waals surface area contributed by atoms with E-state index in [9.17, 15) is 4.79 Å². The standard InChI is InChI=1S/C13H18O3/c1-2-15-13(14)11-7-5-3-4-6-10-8-9-16-12(10)11/h8-9,11H,2-7H2,1H3. The highest BCUT2D eigenvalue weighted by Crippen LogP contribution is 2.31. The number of hydrogen-bond acceptors (Lipinski definition) is 3. The van der Waals surface area contributed by atoms with E-state index in [2.05, 4.69) is 0 Å². The summed E-state index contributed by atoms with van der Waals surface area (Å²) in [7, 11) is 0. The Morgan fingerprint density at radius 2 is 2.38 bits per heavy atom. The molecule has 2 rings (SSSR count). The highest BCUT2D eigenvalue weighted by molar-refractivity contribution is 5.77. The number of carbonyl (C=O) groups is 1. The molecule has 0 bridgehead atoms. The molecule has 1 unspecified atom stereocenters. The molecule has 1 aliphatic carbocycles. The molecule has 1 atom stereocenters. The molecule has 1 heterocycles. The van der Waals surface area contributed by atoms with Crippen LogP contribution < -0.4 is 0 Å². The zero-order valence-corrected chi connectivity index (χ0v) is 9.70. The molecule has 3 nitrogen and oxygen atoms in total. The lowest BCUT2D eigenvalue weighted by atomic mass is 9.91. The fourth-order valence-electron chi connectivity index (χ4n) is 2.30. The Morgan fingerprint density at radius 3 is 3.19 bits per heavy atom. The van der Waals surface area contributed by atoms with Gasteiger partial charge in [0.05, 0.1) is 12.9 Å². The van der Waals surface area contributed by atoms with Gasteiger partial charge in [-0.3, -0.25) is 4.79 Å². The van der Waals surface area contributed by atoms with E-state index in [0.29, 0.717) is 6.61 Å². The lowest BCUT2D eigenvalue weighted by Crippen LogP contribution is -2.17. The van der Waals surface area contributed by atoms with Crippen LogP contribution in [0.3, 0.4) is 0 Å². The zero-order chi connectivity index (χ0) is 11.4. The zero-order valence-electron chi connectivity index (χ0n) is 9.70. The van der Waals surface area contributed by atoms with Crippen molar-refractivity contribution in [2.45, 2.75) is 44.9 Å². The summed E-state index contributed by atoms with van der Waals surface area (Å²) < 4.78 is 10.6. The van der Waals surface area contributed by atoms with Crippen LogP contribution in [0.25, 0.3) is 0 Å². The van der Waals surface area contributed by atoms with E-state index >= 15 is 0 Å². The van der Waals surface area contributed by atoms with E-state index in [4.69, 9.17) is 9.15 Å². The highest BCUT2D eigenvalue weighted by Gasteiger charge is 2.28. The minimum atomic E-state index is -0.190. The van der Waals surface area contributed by atoms with Crippen molar-refractivity contribution in [2.75, 3.05) is 6.61 Å². The Hall–Kier alpha value is -1.25. The number of ether oxygens (including phenoxy) is 1. The molecule has 0 amide bonds. The second-order valence-corrected chi connectivity index (χ2v) is 4.21. The molecular weight excluding hydrogens is 204 g/mol. The normalized spacial score (nSPS) is 20.7. The van der Waals surface area contributed by atoms with E-state index in [1.54, 1.807) is 6.26 Å². The number of carbonyl (C=O) groups excluding carboxylic acids is 1. The minimum absolute atomic E-state index is 0.138. The summed E-state index contributed by atoms with van der Waals surface area (Å²) in [6.07, 6.45) is 6.98. The first-order valence-electron chi connectivity index (χ1n) is 6.06. The Morgan fingerprint density at radius 1 is 1.50 bits per heavy atom. The fourth-order valence-corrected chi connectivity index (χ4v) is 2.30. The average Bonchev–Trinajstić information content (AvgIpc) is 2.66. The average molecular weight is 222 g/mol. The van der Waals surface area contributed by atoms with Crippen LogP contribution in [0, 0.1) is 0 Å². The molecule has 0 N–H and O–H groups in total. The van der Waals surface area contributed by atoms with Crippen molar-refractivity contribution in [3.63, 3.8) is 0 Å². The fraction of sp³-hybridized carbons (Fsp3) is 0.615. The summed E-state index contributed by atoms with van der Waals surface area (Å²) >= 11 is 0. The van der Waals surface area contributed by atoms with Gasteiger partial charge in [0.25, 0.3) is 0 Å². The van der Waals surface area contributed by atoms with Crippen LogP contribution in [0.15, 0.2) is 16.7 Å². The van der Waals surface area contributed by atoms with Gasteiger partial charge in [-0.15, -0.1) is 0 Å². The first-order valence-corrected chi connectivity index (χ1v) is 6.06. The van der Waals surface area contributed by atoms with Gasteiger partial charge in [0.15, 0.2) is 0 Å². The van der Waals surface area contributed by atoms with E-state index < -0.39 is 0 Å². The molecule has 0 aliphatic heterocycles. The molecule has 0 spiro atoms. The minimum Gasteiger partial charge on any atom is -0.468 e. The quantitative estimate of drug-likeness (QED) is 0.722. The van der Waals surface area contributed by atoms with Crippen molar-refractivity contribution >= 4 is 5.97 Å². The Balaban J connectivity index is 2.21. The number of aryl methyl sites for hydroxylation is 1. The lowest BCUT2D eigenvalue weighted by Gasteiger charge is -2.17. The molecule has 88 valence electrons. The molecular formula is C13H18O3. The summed E-state index contributed by atoms with van der Waals surface area (Å²) in [5, 5.41) is 0. The smallest absolute Gasteiger partial charge is 0.316 e. The maximum Gasteiger partial charge on any atom is 0.316 e. The van der Waals surface area contributed by atoms with Crippen molar-refractivity contribution in [2.24, 2.45) is 0 Å². The third-order valence-corrected chi connectivity index (χ3v) is 3.11. The van der Waals surface area contributed by atoms with Crippen LogP contribution in [-0.4, -0.2) is 12.6 Å². The number of hydrogen-bond donors (Lipinski definition) is 0. The molecule has 3 heteroatoms. The molecule has 0 saturated heterocycles. The Bertz CT molecular complexity index is 354. The van der Waals surface area contributed by atoms with Crippen molar-refractivity contribution < 1.29 is 13.9 Å². The van der Waals surface area contributed by atoms with Crippen LogP contribution in [0.2, 0.25) is 0 Å². The van der Waals surface area contributed by atoms with Gasteiger partial charge in [-0.1, -0.05) is 12.8 Å². The first-order chi connectivity index (χ1) is 7.83. The summed E-state index contributed by atoms with van der Waals surface area (Å²) in [5.41, 5.74) is 1.18.